The molecule has 0 fully saturated rings. The van der Waals surface area contributed by atoms with Crippen molar-refractivity contribution in [2.45, 2.75) is 6.92 Å². The Hall–Kier alpha value is -6.13. The van der Waals surface area contributed by atoms with Crippen molar-refractivity contribution in [1.29, 1.82) is 5.41 Å². The zero-order valence-electron chi connectivity index (χ0n) is 26.3. The third kappa shape index (κ3) is 5.85. The van der Waals surface area contributed by atoms with Crippen LogP contribution in [0.3, 0.4) is 0 Å². The van der Waals surface area contributed by atoms with Crippen molar-refractivity contribution in [1.82, 2.24) is 9.97 Å². The van der Waals surface area contributed by atoms with Gasteiger partial charge in [-0.1, -0.05) is 134 Å². The molecular formula is C43H34N4. The van der Waals surface area contributed by atoms with Crippen LogP contribution in [0.2, 0.25) is 0 Å². The maximum Gasteiger partial charge on any atom is 0.160 e. The summed E-state index contributed by atoms with van der Waals surface area (Å²) in [5, 5.41) is 14.8. The molecule has 7 aromatic rings. The van der Waals surface area contributed by atoms with Gasteiger partial charge in [0.2, 0.25) is 0 Å². The van der Waals surface area contributed by atoms with Crippen LogP contribution in [0, 0.1) is 5.41 Å². The number of hydrogen-bond acceptors (Lipinski definition) is 3. The standard InChI is InChI=1S/C43H34N4/c1-3-5-14-30(4-2)29-47(42(44)33-17-7-6-8-18-33)35-26-23-34(24-27-35)43-45-40-37-21-12-10-16-32(37)25-28-39(40)41(46-43)38-22-13-19-31-15-9-11-20-36(31)38/h3-28,44H,1,29H2,2H3/b14-5-,30-4+,44-42?. The molecule has 6 aromatic carbocycles. The lowest BCUT2D eigenvalue weighted by molar-refractivity contribution is 1.08. The van der Waals surface area contributed by atoms with Crippen molar-refractivity contribution < 1.29 is 0 Å². The number of hydrogen-bond donors (Lipinski definition) is 1. The molecule has 4 heteroatoms. The van der Waals surface area contributed by atoms with E-state index in [9.17, 15) is 5.41 Å². The van der Waals surface area contributed by atoms with E-state index in [2.05, 4.69) is 116 Å². The van der Waals surface area contributed by atoms with E-state index in [1.54, 1.807) is 6.08 Å². The van der Waals surface area contributed by atoms with Gasteiger partial charge in [0.1, 0.15) is 5.84 Å². The fraction of sp³-hybridized carbons (Fsp3) is 0.0465. The highest BCUT2D eigenvalue weighted by molar-refractivity contribution is 6.12. The number of aromatic nitrogens is 2. The van der Waals surface area contributed by atoms with Gasteiger partial charge < -0.3 is 4.90 Å². The number of fused-ring (bicyclic) bond motifs is 4. The normalized spacial score (nSPS) is 11.8. The lowest BCUT2D eigenvalue weighted by Crippen LogP contribution is -2.32. The van der Waals surface area contributed by atoms with Crippen LogP contribution in [-0.2, 0) is 0 Å². The van der Waals surface area contributed by atoms with Crippen molar-refractivity contribution in [2.75, 3.05) is 11.4 Å². The Morgan fingerprint density at radius 1 is 0.702 bits per heavy atom. The monoisotopic (exact) mass is 606 g/mol. The molecule has 0 saturated heterocycles. The molecule has 226 valence electrons. The fourth-order valence-electron chi connectivity index (χ4n) is 6.09. The highest BCUT2D eigenvalue weighted by Gasteiger charge is 2.18. The fourth-order valence-corrected chi connectivity index (χ4v) is 6.09. The predicted octanol–water partition coefficient (Wildman–Crippen LogP) is 10.8. The Morgan fingerprint density at radius 3 is 2.13 bits per heavy atom. The van der Waals surface area contributed by atoms with Gasteiger partial charge >= 0.3 is 0 Å². The minimum Gasteiger partial charge on any atom is -0.322 e. The van der Waals surface area contributed by atoms with E-state index in [0.717, 1.165) is 60.7 Å². The largest absolute Gasteiger partial charge is 0.322 e. The van der Waals surface area contributed by atoms with Crippen LogP contribution in [0.1, 0.15) is 12.5 Å². The molecule has 0 atom stereocenters. The summed E-state index contributed by atoms with van der Waals surface area (Å²) in [6.45, 7) is 6.38. The van der Waals surface area contributed by atoms with E-state index in [0.29, 0.717) is 18.2 Å². The molecule has 0 amide bonds. The molecule has 0 radical (unpaired) electrons. The third-order valence-electron chi connectivity index (χ3n) is 8.55. The van der Waals surface area contributed by atoms with E-state index in [4.69, 9.17) is 9.97 Å². The number of amidine groups is 1. The van der Waals surface area contributed by atoms with Gasteiger partial charge in [-0.05, 0) is 59.0 Å². The number of anilines is 1. The molecule has 0 unspecified atom stereocenters. The van der Waals surface area contributed by atoms with Gasteiger partial charge in [0.25, 0.3) is 0 Å². The van der Waals surface area contributed by atoms with Crippen molar-refractivity contribution in [2.24, 2.45) is 0 Å². The summed E-state index contributed by atoms with van der Waals surface area (Å²) in [6, 6.07) is 45.6. The number of nitrogens with zero attached hydrogens (tertiary/aromatic N) is 3. The summed E-state index contributed by atoms with van der Waals surface area (Å²) in [5.74, 6) is 1.09. The molecule has 0 aliphatic rings. The van der Waals surface area contributed by atoms with Crippen molar-refractivity contribution >= 4 is 44.0 Å². The molecular weight excluding hydrogens is 573 g/mol. The molecule has 0 saturated carbocycles. The van der Waals surface area contributed by atoms with Gasteiger partial charge in [0, 0.05) is 39.7 Å². The summed E-state index contributed by atoms with van der Waals surface area (Å²) in [4.78, 5) is 12.5. The predicted molar refractivity (Wildman–Crippen MR) is 199 cm³/mol. The van der Waals surface area contributed by atoms with Gasteiger partial charge in [-0.3, -0.25) is 5.41 Å². The Kier molecular flexibility index (Phi) is 8.23. The number of rotatable bonds is 8. The zero-order chi connectivity index (χ0) is 32.2. The minimum atomic E-state index is 0.427. The SMILES string of the molecule is C=C/C=C\C(=C/C)CN(C(=N)c1ccccc1)c1ccc(-c2nc(-c3cccc4ccccc34)c3ccc4ccccc4c3n2)cc1. The lowest BCUT2D eigenvalue weighted by atomic mass is 9.97. The molecule has 1 N–H and O–H groups in total. The topological polar surface area (TPSA) is 52.9 Å². The van der Waals surface area contributed by atoms with Crippen LogP contribution in [0.25, 0.3) is 55.1 Å². The molecule has 7 rings (SSSR count). The van der Waals surface area contributed by atoms with Crippen molar-refractivity contribution in [3.05, 3.63) is 175 Å². The van der Waals surface area contributed by atoms with E-state index in [1.165, 1.54) is 5.39 Å². The summed E-state index contributed by atoms with van der Waals surface area (Å²) in [6.07, 6.45) is 7.80. The van der Waals surface area contributed by atoms with E-state index < -0.39 is 0 Å². The average Bonchev–Trinajstić information content (AvgIpc) is 3.14. The zero-order valence-corrected chi connectivity index (χ0v) is 26.3. The van der Waals surface area contributed by atoms with Crippen molar-refractivity contribution in [3.8, 4) is 22.6 Å². The van der Waals surface area contributed by atoms with Gasteiger partial charge in [0.05, 0.1) is 11.2 Å². The lowest BCUT2D eigenvalue weighted by Gasteiger charge is -2.26. The first-order chi connectivity index (χ1) is 23.1. The van der Waals surface area contributed by atoms with Gasteiger partial charge in [0.15, 0.2) is 5.82 Å². The second-order valence-electron chi connectivity index (χ2n) is 11.4. The van der Waals surface area contributed by atoms with Crippen LogP contribution in [0.15, 0.2) is 170 Å². The number of benzene rings is 6. The number of nitrogens with one attached hydrogen (secondary N) is 1. The number of allylic oxidation sites excluding steroid dienone is 3. The molecule has 0 aliphatic carbocycles. The second-order valence-corrected chi connectivity index (χ2v) is 11.4. The van der Waals surface area contributed by atoms with Crippen LogP contribution >= 0.6 is 0 Å². The van der Waals surface area contributed by atoms with Gasteiger partial charge in [-0.25, -0.2) is 9.97 Å². The Morgan fingerprint density at radius 2 is 1.38 bits per heavy atom. The van der Waals surface area contributed by atoms with E-state index >= 15 is 0 Å². The van der Waals surface area contributed by atoms with Crippen molar-refractivity contribution in [3.63, 3.8) is 0 Å². The highest BCUT2D eigenvalue weighted by atomic mass is 15.2. The molecule has 0 bridgehead atoms. The first kappa shape index (κ1) is 29.6. The third-order valence-corrected chi connectivity index (χ3v) is 8.55. The molecule has 4 nitrogen and oxygen atoms in total. The molecule has 47 heavy (non-hydrogen) atoms. The molecule has 1 aromatic heterocycles. The summed E-state index contributed by atoms with van der Waals surface area (Å²) in [7, 11) is 0. The molecule has 0 aliphatic heterocycles. The minimum absolute atomic E-state index is 0.427. The maximum atomic E-state index is 9.17. The van der Waals surface area contributed by atoms with Crippen LogP contribution in [0.5, 0.6) is 0 Å². The van der Waals surface area contributed by atoms with Gasteiger partial charge in [-0.2, -0.15) is 0 Å². The quantitative estimate of drug-likeness (QED) is 0.0810. The van der Waals surface area contributed by atoms with Crippen LogP contribution in [-0.4, -0.2) is 22.3 Å². The Bertz CT molecular complexity index is 2310. The van der Waals surface area contributed by atoms with Crippen LogP contribution < -0.4 is 4.90 Å². The molecule has 1 heterocycles. The first-order valence-electron chi connectivity index (χ1n) is 15.8. The van der Waals surface area contributed by atoms with Crippen LogP contribution in [0.4, 0.5) is 5.69 Å². The highest BCUT2D eigenvalue weighted by Crippen LogP contribution is 2.36. The second kappa shape index (κ2) is 13.1. The summed E-state index contributed by atoms with van der Waals surface area (Å²) < 4.78 is 0. The van der Waals surface area contributed by atoms with E-state index in [1.807, 2.05) is 54.3 Å². The Labute approximate surface area is 275 Å². The first-order valence-corrected chi connectivity index (χ1v) is 15.8. The van der Waals surface area contributed by atoms with E-state index in [-0.39, 0.29) is 0 Å². The maximum absolute atomic E-state index is 9.17. The summed E-state index contributed by atoms with van der Waals surface area (Å²) >= 11 is 0. The molecule has 0 spiro atoms. The average molecular weight is 607 g/mol. The van der Waals surface area contributed by atoms with Gasteiger partial charge in [-0.15, -0.1) is 0 Å². The Balaban J connectivity index is 1.37. The smallest absolute Gasteiger partial charge is 0.160 e. The summed E-state index contributed by atoms with van der Waals surface area (Å²) in [5.41, 5.74) is 6.68.